The Bertz CT molecular complexity index is 941. The number of anilines is 1. The molecule has 160 valence electrons. The van der Waals surface area contributed by atoms with Gasteiger partial charge in [-0.3, -0.25) is 4.90 Å². The monoisotopic (exact) mass is 432 g/mol. The first-order valence-corrected chi connectivity index (χ1v) is 8.58. The van der Waals surface area contributed by atoms with Crippen molar-refractivity contribution in [3.05, 3.63) is 65.2 Å². The van der Waals surface area contributed by atoms with Crippen LogP contribution in [0.1, 0.15) is 27.6 Å². The van der Waals surface area contributed by atoms with Crippen LogP contribution in [-0.4, -0.2) is 31.3 Å². The smallest absolute Gasteiger partial charge is 0.429 e. The second-order valence-electron chi connectivity index (χ2n) is 6.34. The van der Waals surface area contributed by atoms with Crippen LogP contribution in [0.15, 0.2) is 48.5 Å². The summed E-state index contributed by atoms with van der Waals surface area (Å²) >= 11 is 0. The molecule has 30 heavy (non-hydrogen) atoms. The third-order valence-corrected chi connectivity index (χ3v) is 4.34. The Kier molecular flexibility index (Phi) is 5.64. The van der Waals surface area contributed by atoms with Crippen molar-refractivity contribution in [1.29, 1.82) is 0 Å². The lowest BCUT2D eigenvalue weighted by Gasteiger charge is -2.24. The number of hydrogen-bond acceptors (Lipinski definition) is 3. The van der Waals surface area contributed by atoms with Crippen LogP contribution in [0, 0.1) is 0 Å². The summed E-state index contributed by atoms with van der Waals surface area (Å²) in [5, 5.41) is 2.56. The quantitative estimate of drug-likeness (QED) is 0.563. The average molecular weight is 432 g/mol. The van der Waals surface area contributed by atoms with Gasteiger partial charge < -0.3 is 10.1 Å². The number of urea groups is 1. The van der Waals surface area contributed by atoms with Crippen LogP contribution in [0.5, 0.6) is 0 Å². The molecule has 1 saturated heterocycles. The Morgan fingerprint density at radius 1 is 1.00 bits per heavy atom. The topological polar surface area (TPSA) is 58.6 Å². The lowest BCUT2D eigenvalue weighted by atomic mass is 10.0. The summed E-state index contributed by atoms with van der Waals surface area (Å²) in [4.78, 5) is 25.2. The van der Waals surface area contributed by atoms with Gasteiger partial charge in [-0.25, -0.2) is 9.59 Å². The minimum Gasteiger partial charge on any atom is -0.444 e. The maximum atomic E-state index is 13.5. The summed E-state index contributed by atoms with van der Waals surface area (Å²) in [7, 11) is 0. The molecule has 0 aliphatic carbocycles. The van der Waals surface area contributed by atoms with Gasteiger partial charge in [-0.05, 0) is 30.3 Å². The second kappa shape index (κ2) is 7.88. The molecule has 1 fully saturated rings. The van der Waals surface area contributed by atoms with Gasteiger partial charge >= 0.3 is 24.4 Å². The molecule has 1 heterocycles. The maximum Gasteiger partial charge on any atom is 0.429 e. The molecule has 0 spiro atoms. The number of hydrogen-bond donors (Lipinski definition) is 1. The predicted octanol–water partition coefficient (Wildman–Crippen LogP) is 4.70. The third-order valence-electron chi connectivity index (χ3n) is 4.34. The molecule has 0 saturated carbocycles. The van der Waals surface area contributed by atoms with E-state index in [1.165, 1.54) is 17.0 Å². The van der Waals surface area contributed by atoms with Crippen LogP contribution in [0.25, 0.3) is 0 Å². The molecule has 2 aromatic carbocycles. The van der Waals surface area contributed by atoms with Crippen LogP contribution in [0.3, 0.4) is 0 Å². The first kappa shape index (κ1) is 21.5. The van der Waals surface area contributed by atoms with Crippen molar-refractivity contribution < 1.29 is 40.7 Å². The Balaban J connectivity index is 1.86. The van der Waals surface area contributed by atoms with Gasteiger partial charge in [0.05, 0.1) is 11.1 Å². The second-order valence-corrected chi connectivity index (χ2v) is 6.34. The molecule has 0 bridgehead atoms. The Morgan fingerprint density at radius 2 is 1.63 bits per heavy atom. The first-order chi connectivity index (χ1) is 14.0. The molecule has 1 aliphatic rings. The highest BCUT2D eigenvalue weighted by Crippen LogP contribution is 2.42. The number of carbonyl (C=O) groups is 2. The van der Waals surface area contributed by atoms with E-state index in [4.69, 9.17) is 0 Å². The fraction of sp³-hybridized carbons (Fsp3) is 0.263. The van der Waals surface area contributed by atoms with E-state index >= 15 is 0 Å². The molecule has 2 amide bonds. The number of ether oxygens (including phenoxy) is 1. The van der Waals surface area contributed by atoms with E-state index in [1.807, 2.05) is 0 Å². The Labute approximate surface area is 166 Å². The fourth-order valence-corrected chi connectivity index (χ4v) is 2.96. The number of nitrogens with one attached hydrogen (secondary N) is 1. The molecule has 2 aromatic rings. The summed E-state index contributed by atoms with van der Waals surface area (Å²) in [6, 6.07) is 7.58. The summed E-state index contributed by atoms with van der Waals surface area (Å²) in [5.74, 6) is -1.45. The molecule has 1 N–H and O–H groups in total. The molecule has 0 aromatic heterocycles. The molecule has 11 heteroatoms. The number of carbonyl (C=O) groups excluding carboxylic acids is 2. The van der Waals surface area contributed by atoms with E-state index in [-0.39, 0.29) is 11.6 Å². The van der Waals surface area contributed by atoms with Gasteiger partial charge in [-0.1, -0.05) is 18.2 Å². The number of nitrogens with zero attached hydrogens (tertiary/aromatic N) is 1. The van der Waals surface area contributed by atoms with Crippen molar-refractivity contribution >= 4 is 17.7 Å². The van der Waals surface area contributed by atoms with Crippen molar-refractivity contribution in [2.24, 2.45) is 0 Å². The number of halogens is 6. The van der Waals surface area contributed by atoms with Gasteiger partial charge in [0.15, 0.2) is 0 Å². The number of amides is 2. The van der Waals surface area contributed by atoms with Gasteiger partial charge in [-0.15, -0.1) is 0 Å². The molecular formula is C19H14F6N2O3. The average Bonchev–Trinajstić information content (AvgIpc) is 3.10. The van der Waals surface area contributed by atoms with Crippen molar-refractivity contribution in [3.8, 4) is 0 Å². The van der Waals surface area contributed by atoms with Crippen molar-refractivity contribution in [3.63, 3.8) is 0 Å². The fourth-order valence-electron chi connectivity index (χ4n) is 2.96. The summed E-state index contributed by atoms with van der Waals surface area (Å²) in [6.45, 7) is 0.779. The lowest BCUT2D eigenvalue weighted by Crippen LogP contribution is -2.29. The summed E-state index contributed by atoms with van der Waals surface area (Å²) in [6.07, 6.45) is -13.4. The largest absolute Gasteiger partial charge is 0.444 e. The predicted molar refractivity (Wildman–Crippen MR) is 92.8 cm³/mol. The minimum atomic E-state index is -5.27. The zero-order valence-electron chi connectivity index (χ0n) is 15.1. The standard InChI is InChI=1S/C19H14F6N2O3/c20-18(21,22)14-4-2-1-3-13(14)15(19(23,24)25)30-16(28)11-5-7-12(8-6-11)27-10-9-26-17(27)29/h1-8,15H,9-10H2,(H,26,29)/t15-/m1/s1. The zero-order chi connectivity index (χ0) is 22.1. The molecular weight excluding hydrogens is 418 g/mol. The van der Waals surface area contributed by atoms with E-state index in [2.05, 4.69) is 10.1 Å². The van der Waals surface area contributed by atoms with Crippen LogP contribution >= 0.6 is 0 Å². The van der Waals surface area contributed by atoms with Gasteiger partial charge in [0, 0.05) is 24.3 Å². The number of esters is 1. The van der Waals surface area contributed by atoms with E-state index < -0.39 is 35.6 Å². The van der Waals surface area contributed by atoms with Gasteiger partial charge in [-0.2, -0.15) is 26.3 Å². The van der Waals surface area contributed by atoms with Crippen molar-refractivity contribution in [1.82, 2.24) is 5.32 Å². The summed E-state index contributed by atoms with van der Waals surface area (Å²) in [5.41, 5.74) is -2.67. The zero-order valence-corrected chi connectivity index (χ0v) is 15.1. The molecule has 0 unspecified atom stereocenters. The normalized spacial score (nSPS) is 15.7. The molecule has 0 radical (unpaired) electrons. The SMILES string of the molecule is O=C(O[C@H](c1ccccc1C(F)(F)F)C(F)(F)F)c1ccc(N2CCNC2=O)cc1. The van der Waals surface area contributed by atoms with Crippen LogP contribution in [0.2, 0.25) is 0 Å². The summed E-state index contributed by atoms with van der Waals surface area (Å²) < 4.78 is 84.3. The minimum absolute atomic E-state index is 0.308. The highest BCUT2D eigenvalue weighted by Gasteiger charge is 2.48. The third kappa shape index (κ3) is 4.50. The molecule has 3 rings (SSSR count). The first-order valence-electron chi connectivity index (χ1n) is 8.58. The van der Waals surface area contributed by atoms with E-state index in [0.29, 0.717) is 30.9 Å². The lowest BCUT2D eigenvalue weighted by molar-refractivity contribution is -0.209. The number of alkyl halides is 6. The Hall–Kier alpha value is -3.24. The molecule has 1 aliphatic heterocycles. The van der Waals surface area contributed by atoms with Crippen molar-refractivity contribution in [2.45, 2.75) is 18.5 Å². The van der Waals surface area contributed by atoms with Crippen LogP contribution in [0.4, 0.5) is 36.8 Å². The maximum absolute atomic E-state index is 13.5. The van der Waals surface area contributed by atoms with E-state index in [1.54, 1.807) is 0 Å². The van der Waals surface area contributed by atoms with E-state index in [9.17, 15) is 35.9 Å². The van der Waals surface area contributed by atoms with Gasteiger partial charge in [0.2, 0.25) is 6.10 Å². The van der Waals surface area contributed by atoms with Crippen molar-refractivity contribution in [2.75, 3.05) is 18.0 Å². The van der Waals surface area contributed by atoms with E-state index in [0.717, 1.165) is 24.3 Å². The van der Waals surface area contributed by atoms with Gasteiger partial charge in [0.1, 0.15) is 0 Å². The molecule has 1 atom stereocenters. The Morgan fingerprint density at radius 3 is 2.17 bits per heavy atom. The highest BCUT2D eigenvalue weighted by atomic mass is 19.4. The van der Waals surface area contributed by atoms with Crippen LogP contribution in [-0.2, 0) is 10.9 Å². The van der Waals surface area contributed by atoms with Gasteiger partial charge in [0.25, 0.3) is 0 Å². The highest BCUT2D eigenvalue weighted by molar-refractivity contribution is 5.95. The number of benzene rings is 2. The number of rotatable bonds is 4. The van der Waals surface area contributed by atoms with Crippen LogP contribution < -0.4 is 10.2 Å². The molecule has 5 nitrogen and oxygen atoms in total.